The highest BCUT2D eigenvalue weighted by molar-refractivity contribution is 6.04. The van der Waals surface area contributed by atoms with Crippen LogP contribution in [0.5, 0.6) is 0 Å². The van der Waals surface area contributed by atoms with Gasteiger partial charge in [-0.1, -0.05) is 24.6 Å². The van der Waals surface area contributed by atoms with Gasteiger partial charge in [0.1, 0.15) is 5.60 Å². The third kappa shape index (κ3) is 2.93. The van der Waals surface area contributed by atoms with Gasteiger partial charge in [0.15, 0.2) is 5.69 Å². The molecule has 7 nitrogen and oxygen atoms in total. The Hall–Kier alpha value is -2.57. The van der Waals surface area contributed by atoms with Crippen LogP contribution in [0.3, 0.4) is 0 Å². The molecule has 3 aliphatic rings. The first-order valence-corrected chi connectivity index (χ1v) is 10.4. The number of fused-ring (bicyclic) bond motifs is 1. The first kappa shape index (κ1) is 17.5. The van der Waals surface area contributed by atoms with E-state index in [2.05, 4.69) is 10.2 Å². The average molecular weight is 382 g/mol. The monoisotopic (exact) mass is 382 g/mol. The Kier molecular flexibility index (Phi) is 4.25. The number of hydrogen-bond donors (Lipinski definition) is 1. The van der Waals surface area contributed by atoms with Gasteiger partial charge in [0.25, 0.3) is 5.91 Å². The van der Waals surface area contributed by atoms with Gasteiger partial charge in [-0.25, -0.2) is 4.79 Å². The molecule has 2 amide bonds. The van der Waals surface area contributed by atoms with E-state index in [0.29, 0.717) is 25.3 Å². The second kappa shape index (κ2) is 6.79. The molecule has 28 heavy (non-hydrogen) atoms. The molecule has 1 N–H and O–H groups in total. The van der Waals surface area contributed by atoms with Gasteiger partial charge < -0.3 is 14.5 Å². The fraction of sp³-hybridized carbons (Fsp3) is 0.571. The van der Waals surface area contributed by atoms with Crippen LogP contribution in [0.15, 0.2) is 24.3 Å². The lowest BCUT2D eigenvalue weighted by atomic mass is 9.84. The first-order chi connectivity index (χ1) is 13.7. The van der Waals surface area contributed by atoms with Crippen LogP contribution in [-0.2, 0) is 4.74 Å². The summed E-state index contributed by atoms with van der Waals surface area (Å²) in [6.45, 7) is 2.00. The number of piperidine rings is 1. The van der Waals surface area contributed by atoms with Crippen LogP contribution >= 0.6 is 0 Å². The molecule has 5 rings (SSSR count). The van der Waals surface area contributed by atoms with Gasteiger partial charge in [-0.2, -0.15) is 5.10 Å². The third-order valence-corrected chi connectivity index (χ3v) is 6.63. The number of para-hydroxylation sites is 1. The topological polar surface area (TPSA) is 78.5 Å². The zero-order valence-electron chi connectivity index (χ0n) is 16.0. The summed E-state index contributed by atoms with van der Waals surface area (Å²) in [6, 6.07) is 7.84. The Morgan fingerprint density at radius 2 is 1.89 bits per heavy atom. The van der Waals surface area contributed by atoms with E-state index >= 15 is 0 Å². The van der Waals surface area contributed by atoms with Crippen LogP contribution in [0.25, 0.3) is 10.9 Å². The lowest BCUT2D eigenvalue weighted by Crippen LogP contribution is -2.48. The standard InChI is InChI=1S/C21H26N4O3/c26-19(18-16-6-2-3-7-17(16)22-23-18)24-12-8-15(9-13-24)25-14-21(28-20(25)27)10-4-1-5-11-21/h2-3,6-7,15H,1,4-5,8-14H2,(H,22,23). The molecule has 3 fully saturated rings. The minimum absolute atomic E-state index is 0.0383. The number of benzene rings is 1. The molecule has 2 aromatic rings. The summed E-state index contributed by atoms with van der Waals surface area (Å²) in [5.74, 6) is -0.0383. The Morgan fingerprint density at radius 3 is 2.68 bits per heavy atom. The van der Waals surface area contributed by atoms with Gasteiger partial charge in [-0.15, -0.1) is 0 Å². The Bertz CT molecular complexity index is 894. The maximum absolute atomic E-state index is 12.9. The van der Waals surface area contributed by atoms with Gasteiger partial charge in [-0.05, 0) is 44.6 Å². The van der Waals surface area contributed by atoms with Crippen molar-refractivity contribution in [2.24, 2.45) is 0 Å². The van der Waals surface area contributed by atoms with Crippen LogP contribution in [-0.4, -0.2) is 63.3 Å². The molecule has 1 aliphatic carbocycles. The van der Waals surface area contributed by atoms with Gasteiger partial charge in [0.05, 0.1) is 12.1 Å². The number of rotatable bonds is 2. The predicted molar refractivity (Wildman–Crippen MR) is 104 cm³/mol. The molecule has 148 valence electrons. The number of carbonyl (C=O) groups excluding carboxylic acids is 2. The summed E-state index contributed by atoms with van der Waals surface area (Å²) >= 11 is 0. The molecule has 0 unspecified atom stereocenters. The second-order valence-corrected chi connectivity index (χ2v) is 8.38. The molecular formula is C21H26N4O3. The molecule has 7 heteroatoms. The lowest BCUT2D eigenvalue weighted by Gasteiger charge is -2.36. The first-order valence-electron chi connectivity index (χ1n) is 10.4. The normalized spacial score (nSPS) is 22.8. The van der Waals surface area contributed by atoms with Gasteiger partial charge in [0, 0.05) is 24.5 Å². The number of aromatic amines is 1. The van der Waals surface area contributed by atoms with E-state index < -0.39 is 0 Å². The summed E-state index contributed by atoms with van der Waals surface area (Å²) in [4.78, 5) is 29.2. The van der Waals surface area contributed by atoms with E-state index in [0.717, 1.165) is 49.4 Å². The van der Waals surface area contributed by atoms with Gasteiger partial charge in [0.2, 0.25) is 0 Å². The van der Waals surface area contributed by atoms with Crippen molar-refractivity contribution in [2.75, 3.05) is 19.6 Å². The van der Waals surface area contributed by atoms with Crippen molar-refractivity contribution in [3.8, 4) is 0 Å². The summed E-state index contributed by atoms with van der Waals surface area (Å²) in [5, 5.41) is 8.03. The highest BCUT2D eigenvalue weighted by Gasteiger charge is 2.48. The van der Waals surface area contributed by atoms with Crippen LogP contribution < -0.4 is 0 Å². The maximum atomic E-state index is 12.9. The van der Waals surface area contributed by atoms with Crippen molar-refractivity contribution in [1.82, 2.24) is 20.0 Å². The molecule has 0 bridgehead atoms. The summed E-state index contributed by atoms with van der Waals surface area (Å²) in [5.41, 5.74) is 1.10. The second-order valence-electron chi connectivity index (χ2n) is 8.38. The van der Waals surface area contributed by atoms with Crippen molar-refractivity contribution >= 4 is 22.9 Å². The number of hydrogen-bond acceptors (Lipinski definition) is 4. The van der Waals surface area contributed by atoms with E-state index in [4.69, 9.17) is 4.74 Å². The van der Waals surface area contributed by atoms with Crippen molar-refractivity contribution in [1.29, 1.82) is 0 Å². The number of carbonyl (C=O) groups is 2. The fourth-order valence-electron chi connectivity index (χ4n) is 5.04. The number of aromatic nitrogens is 2. The molecule has 1 spiro atoms. The Balaban J connectivity index is 1.24. The summed E-state index contributed by atoms with van der Waals surface area (Å²) in [7, 11) is 0. The highest BCUT2D eigenvalue weighted by atomic mass is 16.6. The molecule has 1 saturated carbocycles. The Labute approximate surface area is 164 Å². The van der Waals surface area contributed by atoms with E-state index in [-0.39, 0.29) is 23.6 Å². The molecule has 1 aromatic carbocycles. The van der Waals surface area contributed by atoms with Crippen molar-refractivity contribution < 1.29 is 14.3 Å². The van der Waals surface area contributed by atoms with Crippen molar-refractivity contribution in [3.63, 3.8) is 0 Å². The quantitative estimate of drug-likeness (QED) is 0.864. The molecule has 3 heterocycles. The van der Waals surface area contributed by atoms with Crippen LogP contribution in [0.4, 0.5) is 4.79 Å². The molecule has 2 aliphatic heterocycles. The maximum Gasteiger partial charge on any atom is 0.410 e. The van der Waals surface area contributed by atoms with Gasteiger partial charge >= 0.3 is 6.09 Å². The zero-order valence-corrected chi connectivity index (χ0v) is 16.0. The molecule has 0 atom stereocenters. The van der Waals surface area contributed by atoms with E-state index in [9.17, 15) is 9.59 Å². The third-order valence-electron chi connectivity index (χ3n) is 6.63. The van der Waals surface area contributed by atoms with Crippen LogP contribution in [0.1, 0.15) is 55.4 Å². The number of likely N-dealkylation sites (tertiary alicyclic amines) is 1. The molecule has 0 radical (unpaired) electrons. The summed E-state index contributed by atoms with van der Waals surface area (Å²) < 4.78 is 5.83. The van der Waals surface area contributed by atoms with Crippen LogP contribution in [0, 0.1) is 0 Å². The smallest absolute Gasteiger partial charge is 0.410 e. The minimum Gasteiger partial charge on any atom is -0.441 e. The zero-order chi connectivity index (χ0) is 19.1. The number of ether oxygens (including phenoxy) is 1. The number of nitrogens with one attached hydrogen (secondary N) is 1. The minimum atomic E-state index is -0.254. The highest BCUT2D eigenvalue weighted by Crippen LogP contribution is 2.38. The van der Waals surface area contributed by atoms with Crippen LogP contribution in [0.2, 0.25) is 0 Å². The summed E-state index contributed by atoms with van der Waals surface area (Å²) in [6.07, 6.45) is 6.92. The lowest BCUT2D eigenvalue weighted by molar-refractivity contribution is 0.0259. The molecular weight excluding hydrogens is 356 g/mol. The predicted octanol–water partition coefficient (Wildman–Crippen LogP) is 3.32. The number of H-pyrrole nitrogens is 1. The van der Waals surface area contributed by atoms with Gasteiger partial charge in [-0.3, -0.25) is 9.89 Å². The van der Waals surface area contributed by atoms with E-state index in [1.165, 1.54) is 6.42 Å². The van der Waals surface area contributed by atoms with E-state index in [1.807, 2.05) is 34.1 Å². The largest absolute Gasteiger partial charge is 0.441 e. The van der Waals surface area contributed by atoms with Crippen molar-refractivity contribution in [3.05, 3.63) is 30.0 Å². The number of amides is 2. The molecule has 2 saturated heterocycles. The Morgan fingerprint density at radius 1 is 1.14 bits per heavy atom. The van der Waals surface area contributed by atoms with E-state index in [1.54, 1.807) is 0 Å². The SMILES string of the molecule is O=C(c1n[nH]c2ccccc12)N1CCC(N2CC3(CCCCC3)OC2=O)CC1. The number of nitrogens with zero attached hydrogens (tertiary/aromatic N) is 3. The van der Waals surface area contributed by atoms with Crippen molar-refractivity contribution in [2.45, 2.75) is 56.6 Å². The fourth-order valence-corrected chi connectivity index (χ4v) is 5.04. The average Bonchev–Trinajstić information content (AvgIpc) is 3.29. The molecule has 1 aromatic heterocycles.